The van der Waals surface area contributed by atoms with E-state index in [-0.39, 0.29) is 5.75 Å². The molecule has 0 aliphatic heterocycles. The Morgan fingerprint density at radius 1 is 1.24 bits per heavy atom. The van der Waals surface area contributed by atoms with Crippen LogP contribution in [0.25, 0.3) is 0 Å². The van der Waals surface area contributed by atoms with Crippen LogP contribution in [-0.4, -0.2) is 6.04 Å². The number of nitrogens with two attached hydrogens (primary N) is 1. The highest BCUT2D eigenvalue weighted by molar-refractivity contribution is 9.10. The lowest BCUT2D eigenvalue weighted by Crippen LogP contribution is -2.29. The normalized spacial score (nSPS) is 13.8. The zero-order chi connectivity index (χ0) is 15.6. The summed E-state index contributed by atoms with van der Waals surface area (Å²) in [7, 11) is 0. The summed E-state index contributed by atoms with van der Waals surface area (Å²) < 4.78 is 33.2. The fraction of sp³-hybridized carbons (Fsp3) is 0.200. The van der Waals surface area contributed by atoms with E-state index in [1.165, 1.54) is 6.07 Å². The van der Waals surface area contributed by atoms with E-state index >= 15 is 0 Å². The van der Waals surface area contributed by atoms with Crippen molar-refractivity contribution in [2.24, 2.45) is 5.73 Å². The molecule has 0 saturated heterocycles. The summed E-state index contributed by atoms with van der Waals surface area (Å²) in [5, 5.41) is 0.516. The Bertz CT molecular complexity index is 652. The monoisotopic (exact) mass is 375 g/mol. The van der Waals surface area contributed by atoms with E-state index in [0.29, 0.717) is 15.1 Å². The van der Waals surface area contributed by atoms with Crippen molar-refractivity contribution in [2.45, 2.75) is 19.1 Å². The molecule has 0 amide bonds. The van der Waals surface area contributed by atoms with Gasteiger partial charge < -0.3 is 10.5 Å². The van der Waals surface area contributed by atoms with Crippen molar-refractivity contribution in [3.05, 3.63) is 63.1 Å². The molecule has 6 heteroatoms. The predicted molar refractivity (Wildman–Crippen MR) is 82.5 cm³/mol. The first-order chi connectivity index (χ1) is 9.88. The molecular formula is C15H13BrClF2NO. The maximum atomic E-state index is 13.8. The number of ether oxygens (including phenoxy) is 1. The zero-order valence-corrected chi connectivity index (χ0v) is 13.5. The van der Waals surface area contributed by atoms with Crippen LogP contribution in [0.2, 0.25) is 5.02 Å². The van der Waals surface area contributed by atoms with Crippen LogP contribution in [-0.2, 0) is 0 Å². The molecule has 0 heterocycles. The Labute approximate surface area is 135 Å². The van der Waals surface area contributed by atoms with Gasteiger partial charge in [0.1, 0.15) is 6.10 Å². The van der Waals surface area contributed by atoms with Gasteiger partial charge >= 0.3 is 0 Å². The van der Waals surface area contributed by atoms with Gasteiger partial charge in [-0.3, -0.25) is 0 Å². The Kier molecular flexibility index (Phi) is 5.19. The molecule has 2 N–H and O–H groups in total. The number of halogens is 4. The van der Waals surface area contributed by atoms with E-state index in [9.17, 15) is 8.78 Å². The Hall–Kier alpha value is -1.17. The third-order valence-electron chi connectivity index (χ3n) is 2.87. The minimum atomic E-state index is -1.05. The fourth-order valence-corrected chi connectivity index (χ4v) is 2.53. The summed E-state index contributed by atoms with van der Waals surface area (Å²) in [6.07, 6.45) is -0.646. The standard InChI is InChI=1S/C15H13BrClF2NO/c1-8(20)15(9-3-2-4-11(17)5-9)21-13-7-10(16)6-12(18)14(13)19/h2-8,15H,20H2,1H3. The lowest BCUT2D eigenvalue weighted by molar-refractivity contribution is 0.170. The highest BCUT2D eigenvalue weighted by atomic mass is 79.9. The maximum Gasteiger partial charge on any atom is 0.200 e. The SMILES string of the molecule is CC(N)C(Oc1cc(Br)cc(F)c1F)c1cccc(Cl)c1. The highest BCUT2D eigenvalue weighted by Crippen LogP contribution is 2.31. The molecule has 2 unspecified atom stereocenters. The lowest BCUT2D eigenvalue weighted by atomic mass is 10.0. The predicted octanol–water partition coefficient (Wildman–Crippen LogP) is 4.85. The van der Waals surface area contributed by atoms with Gasteiger partial charge in [-0.1, -0.05) is 39.7 Å². The van der Waals surface area contributed by atoms with Gasteiger partial charge in [0.05, 0.1) is 0 Å². The fourth-order valence-electron chi connectivity index (χ4n) is 1.92. The number of hydrogen-bond donors (Lipinski definition) is 1. The highest BCUT2D eigenvalue weighted by Gasteiger charge is 2.22. The maximum absolute atomic E-state index is 13.8. The van der Waals surface area contributed by atoms with Crippen molar-refractivity contribution >= 4 is 27.5 Å². The summed E-state index contributed by atoms with van der Waals surface area (Å²) in [5.74, 6) is -2.25. The molecule has 2 aromatic rings. The zero-order valence-electron chi connectivity index (χ0n) is 11.1. The van der Waals surface area contributed by atoms with E-state index in [2.05, 4.69) is 15.9 Å². The molecule has 2 atom stereocenters. The van der Waals surface area contributed by atoms with Crippen molar-refractivity contribution in [1.29, 1.82) is 0 Å². The Balaban J connectivity index is 2.38. The van der Waals surface area contributed by atoms with Crippen molar-refractivity contribution in [3.63, 3.8) is 0 Å². The molecule has 0 aromatic heterocycles. The molecule has 0 saturated carbocycles. The summed E-state index contributed by atoms with van der Waals surface area (Å²) >= 11 is 9.04. The van der Waals surface area contributed by atoms with Crippen molar-refractivity contribution < 1.29 is 13.5 Å². The van der Waals surface area contributed by atoms with Gasteiger partial charge in [0, 0.05) is 15.5 Å². The quantitative estimate of drug-likeness (QED) is 0.774. The second kappa shape index (κ2) is 6.73. The molecule has 2 aromatic carbocycles. The number of rotatable bonds is 4. The molecule has 0 radical (unpaired) electrons. The van der Waals surface area contributed by atoms with Gasteiger partial charge in [-0.05, 0) is 36.8 Å². The van der Waals surface area contributed by atoms with E-state index in [0.717, 1.165) is 6.07 Å². The number of hydrogen-bond acceptors (Lipinski definition) is 2. The van der Waals surface area contributed by atoms with Crippen LogP contribution < -0.4 is 10.5 Å². The second-order valence-corrected chi connectivity index (χ2v) is 6.00. The van der Waals surface area contributed by atoms with Gasteiger partial charge in [-0.2, -0.15) is 4.39 Å². The molecule has 2 nitrogen and oxygen atoms in total. The molecule has 0 spiro atoms. The Morgan fingerprint density at radius 2 is 1.95 bits per heavy atom. The minimum absolute atomic E-state index is 0.204. The molecule has 0 aliphatic carbocycles. The van der Waals surface area contributed by atoms with Gasteiger partial charge in [0.15, 0.2) is 11.6 Å². The largest absolute Gasteiger partial charge is 0.481 e. The first-order valence-corrected chi connectivity index (χ1v) is 7.38. The van der Waals surface area contributed by atoms with Gasteiger partial charge in [0.25, 0.3) is 0 Å². The van der Waals surface area contributed by atoms with Crippen LogP contribution >= 0.6 is 27.5 Å². The average Bonchev–Trinajstić information content (AvgIpc) is 2.40. The minimum Gasteiger partial charge on any atom is -0.481 e. The summed E-state index contributed by atoms with van der Waals surface area (Å²) in [6.45, 7) is 1.72. The first-order valence-electron chi connectivity index (χ1n) is 6.20. The molecule has 0 fully saturated rings. The van der Waals surface area contributed by atoms with E-state index < -0.39 is 23.8 Å². The van der Waals surface area contributed by atoms with Gasteiger partial charge in [-0.25, -0.2) is 4.39 Å². The molecule has 21 heavy (non-hydrogen) atoms. The van der Waals surface area contributed by atoms with Crippen LogP contribution in [0.5, 0.6) is 5.75 Å². The summed E-state index contributed by atoms with van der Waals surface area (Å²) in [4.78, 5) is 0. The van der Waals surface area contributed by atoms with E-state index in [4.69, 9.17) is 22.1 Å². The second-order valence-electron chi connectivity index (χ2n) is 4.65. The molecule has 112 valence electrons. The van der Waals surface area contributed by atoms with Crippen molar-refractivity contribution in [1.82, 2.24) is 0 Å². The Morgan fingerprint density at radius 3 is 2.57 bits per heavy atom. The van der Waals surface area contributed by atoms with Crippen LogP contribution in [0.1, 0.15) is 18.6 Å². The lowest BCUT2D eigenvalue weighted by Gasteiger charge is -2.23. The van der Waals surface area contributed by atoms with Gasteiger partial charge in [-0.15, -0.1) is 0 Å². The van der Waals surface area contributed by atoms with Crippen molar-refractivity contribution in [3.8, 4) is 5.75 Å². The van der Waals surface area contributed by atoms with Crippen LogP contribution in [0, 0.1) is 11.6 Å². The van der Waals surface area contributed by atoms with Crippen LogP contribution in [0.3, 0.4) is 0 Å². The summed E-state index contributed by atoms with van der Waals surface area (Å²) in [5.41, 5.74) is 6.59. The third-order valence-corrected chi connectivity index (χ3v) is 3.56. The average molecular weight is 377 g/mol. The van der Waals surface area contributed by atoms with E-state index in [1.54, 1.807) is 31.2 Å². The molecular weight excluding hydrogens is 364 g/mol. The van der Waals surface area contributed by atoms with E-state index in [1.807, 2.05) is 0 Å². The topological polar surface area (TPSA) is 35.2 Å². The van der Waals surface area contributed by atoms with Crippen molar-refractivity contribution in [2.75, 3.05) is 0 Å². The van der Waals surface area contributed by atoms with Gasteiger partial charge in [0.2, 0.25) is 5.82 Å². The molecule has 0 bridgehead atoms. The van der Waals surface area contributed by atoms with Crippen LogP contribution in [0.4, 0.5) is 8.78 Å². The van der Waals surface area contributed by atoms with Crippen LogP contribution in [0.15, 0.2) is 40.9 Å². The molecule has 0 aliphatic rings. The summed E-state index contributed by atoms with van der Waals surface area (Å²) in [6, 6.07) is 8.86. The number of benzene rings is 2. The first kappa shape index (κ1) is 16.2. The smallest absolute Gasteiger partial charge is 0.200 e. The third kappa shape index (κ3) is 3.93. The molecule has 2 rings (SSSR count).